The minimum Gasteiger partial charge on any atom is -0.496 e. The van der Waals surface area contributed by atoms with Gasteiger partial charge in [0.25, 0.3) is 0 Å². The highest BCUT2D eigenvalue weighted by atomic mass is 35.5. The maximum atomic E-state index is 5.55. The number of thiophene rings is 1. The number of halogens is 1. The van der Waals surface area contributed by atoms with Crippen LogP contribution in [0.25, 0.3) is 0 Å². The van der Waals surface area contributed by atoms with E-state index in [1.54, 1.807) is 18.4 Å². The van der Waals surface area contributed by atoms with E-state index in [0.29, 0.717) is 5.88 Å². The number of methoxy groups -OCH3 is 1. The maximum Gasteiger partial charge on any atom is 0.129 e. The zero-order valence-electron chi connectivity index (χ0n) is 5.06. The van der Waals surface area contributed by atoms with E-state index in [1.165, 1.54) is 0 Å². The Morgan fingerprint density at radius 2 is 2.56 bits per heavy atom. The highest BCUT2D eigenvalue weighted by Gasteiger charge is 1.95. The second kappa shape index (κ2) is 3.08. The van der Waals surface area contributed by atoms with Gasteiger partial charge in [-0.2, -0.15) is 0 Å². The average Bonchev–Trinajstić information content (AvgIpc) is 2.34. The molecule has 50 valence electrons. The van der Waals surface area contributed by atoms with E-state index in [9.17, 15) is 0 Å². The number of hydrogen-bond acceptors (Lipinski definition) is 2. The molecule has 0 spiro atoms. The predicted octanol–water partition coefficient (Wildman–Crippen LogP) is 2.50. The predicted molar refractivity (Wildman–Crippen MR) is 40.4 cm³/mol. The minimum atomic E-state index is 0.577. The fourth-order valence-corrected chi connectivity index (χ4v) is 1.48. The van der Waals surface area contributed by atoms with Gasteiger partial charge >= 0.3 is 0 Å². The molecule has 0 aromatic carbocycles. The van der Waals surface area contributed by atoms with Gasteiger partial charge in [-0.3, -0.25) is 0 Å². The molecule has 0 saturated heterocycles. The lowest BCUT2D eigenvalue weighted by Gasteiger charge is -1.88. The molecule has 1 aromatic rings. The molecule has 0 aliphatic carbocycles. The van der Waals surface area contributed by atoms with Crippen LogP contribution >= 0.6 is 22.9 Å². The van der Waals surface area contributed by atoms with E-state index in [4.69, 9.17) is 16.3 Å². The lowest BCUT2D eigenvalue weighted by atomic mass is 10.5. The van der Waals surface area contributed by atoms with Crippen LogP contribution in [0, 0.1) is 0 Å². The summed E-state index contributed by atoms with van der Waals surface area (Å²) in [6, 6.07) is 1.94. The molecule has 0 N–H and O–H groups in total. The fraction of sp³-hybridized carbons (Fsp3) is 0.333. The molecule has 0 unspecified atom stereocenters. The van der Waals surface area contributed by atoms with Crippen LogP contribution in [0.4, 0.5) is 0 Å². The minimum absolute atomic E-state index is 0.577. The lowest BCUT2D eigenvalue weighted by molar-refractivity contribution is 0.416. The van der Waals surface area contributed by atoms with Crippen LogP contribution in [0.3, 0.4) is 0 Å². The zero-order valence-corrected chi connectivity index (χ0v) is 6.63. The van der Waals surface area contributed by atoms with E-state index < -0.39 is 0 Å². The number of alkyl halides is 1. The summed E-state index contributed by atoms with van der Waals surface area (Å²) in [4.78, 5) is 1.15. The summed E-state index contributed by atoms with van der Waals surface area (Å²) in [6.07, 6.45) is 0. The van der Waals surface area contributed by atoms with Gasteiger partial charge in [-0.15, -0.1) is 22.9 Å². The SMILES string of the molecule is COc1csc(CCl)c1. The van der Waals surface area contributed by atoms with Crippen molar-refractivity contribution >= 4 is 22.9 Å². The van der Waals surface area contributed by atoms with E-state index in [0.717, 1.165) is 10.6 Å². The van der Waals surface area contributed by atoms with Crippen LogP contribution in [-0.4, -0.2) is 7.11 Å². The van der Waals surface area contributed by atoms with Gasteiger partial charge in [0.05, 0.1) is 13.0 Å². The molecular weight excluding hydrogens is 156 g/mol. The van der Waals surface area contributed by atoms with Crippen molar-refractivity contribution in [1.82, 2.24) is 0 Å². The quantitative estimate of drug-likeness (QED) is 0.608. The summed E-state index contributed by atoms with van der Waals surface area (Å²) >= 11 is 7.17. The molecule has 0 fully saturated rings. The lowest BCUT2D eigenvalue weighted by Crippen LogP contribution is -1.75. The second-order valence-corrected chi connectivity index (χ2v) is 2.85. The molecular formula is C6H7ClOS. The molecule has 1 rings (SSSR count). The van der Waals surface area contributed by atoms with Crippen molar-refractivity contribution in [3.05, 3.63) is 16.3 Å². The van der Waals surface area contributed by atoms with E-state index >= 15 is 0 Å². The largest absolute Gasteiger partial charge is 0.496 e. The van der Waals surface area contributed by atoms with Crippen LogP contribution in [0.5, 0.6) is 5.75 Å². The Kier molecular flexibility index (Phi) is 2.37. The number of ether oxygens (including phenoxy) is 1. The molecule has 3 heteroatoms. The Morgan fingerprint density at radius 3 is 2.89 bits per heavy atom. The summed E-state index contributed by atoms with van der Waals surface area (Å²) in [5.74, 6) is 1.48. The van der Waals surface area contributed by atoms with Gasteiger partial charge < -0.3 is 4.74 Å². The second-order valence-electron chi connectivity index (χ2n) is 1.59. The number of rotatable bonds is 2. The van der Waals surface area contributed by atoms with Crippen LogP contribution in [0.15, 0.2) is 11.4 Å². The van der Waals surface area contributed by atoms with Crippen molar-refractivity contribution in [2.45, 2.75) is 5.88 Å². The molecule has 9 heavy (non-hydrogen) atoms. The highest BCUT2D eigenvalue weighted by molar-refractivity contribution is 7.10. The smallest absolute Gasteiger partial charge is 0.129 e. The van der Waals surface area contributed by atoms with Gasteiger partial charge in [-0.1, -0.05) is 0 Å². The molecule has 0 saturated carbocycles. The van der Waals surface area contributed by atoms with Crippen molar-refractivity contribution in [2.75, 3.05) is 7.11 Å². The first-order chi connectivity index (χ1) is 4.36. The maximum absolute atomic E-state index is 5.55. The number of hydrogen-bond donors (Lipinski definition) is 0. The first-order valence-electron chi connectivity index (χ1n) is 2.54. The Labute approximate surface area is 63.2 Å². The van der Waals surface area contributed by atoms with E-state index in [-0.39, 0.29) is 0 Å². The van der Waals surface area contributed by atoms with Crippen LogP contribution in [0.2, 0.25) is 0 Å². The third-order valence-corrected chi connectivity index (χ3v) is 2.36. The van der Waals surface area contributed by atoms with Crippen molar-refractivity contribution < 1.29 is 4.74 Å². The summed E-state index contributed by atoms with van der Waals surface area (Å²) < 4.78 is 4.95. The molecule has 0 aliphatic heterocycles. The Bertz CT molecular complexity index is 166. The van der Waals surface area contributed by atoms with E-state index in [2.05, 4.69) is 0 Å². The normalized spacial score (nSPS) is 9.56. The van der Waals surface area contributed by atoms with Gasteiger partial charge in [0.1, 0.15) is 5.75 Å². The van der Waals surface area contributed by atoms with Crippen LogP contribution in [0.1, 0.15) is 4.88 Å². The van der Waals surface area contributed by atoms with E-state index in [1.807, 2.05) is 11.4 Å². The van der Waals surface area contributed by atoms with Gasteiger partial charge in [-0.05, 0) is 6.07 Å². The highest BCUT2D eigenvalue weighted by Crippen LogP contribution is 2.21. The summed E-state index contributed by atoms with van der Waals surface area (Å²) in [5, 5.41) is 1.94. The molecule has 0 radical (unpaired) electrons. The van der Waals surface area contributed by atoms with Crippen LogP contribution in [-0.2, 0) is 5.88 Å². The first-order valence-corrected chi connectivity index (χ1v) is 3.95. The Morgan fingerprint density at radius 1 is 1.78 bits per heavy atom. The average molecular weight is 163 g/mol. The van der Waals surface area contributed by atoms with Gasteiger partial charge in [-0.25, -0.2) is 0 Å². The topological polar surface area (TPSA) is 9.23 Å². The van der Waals surface area contributed by atoms with Gasteiger partial charge in [0, 0.05) is 10.3 Å². The third-order valence-electron chi connectivity index (χ3n) is 0.997. The molecule has 1 aromatic heterocycles. The molecule has 1 nitrogen and oxygen atoms in total. The molecule has 0 aliphatic rings. The summed E-state index contributed by atoms with van der Waals surface area (Å²) in [7, 11) is 1.65. The third kappa shape index (κ3) is 1.60. The molecule has 0 bridgehead atoms. The van der Waals surface area contributed by atoms with Crippen molar-refractivity contribution in [2.24, 2.45) is 0 Å². The standard InChI is InChI=1S/C6H7ClOS/c1-8-5-2-6(3-7)9-4-5/h2,4H,3H2,1H3. The van der Waals surface area contributed by atoms with Gasteiger partial charge in [0.15, 0.2) is 0 Å². The first kappa shape index (κ1) is 6.90. The van der Waals surface area contributed by atoms with Crippen LogP contribution < -0.4 is 4.74 Å². The Hall–Kier alpha value is -0.210. The van der Waals surface area contributed by atoms with Gasteiger partial charge in [0.2, 0.25) is 0 Å². The summed E-state index contributed by atoms with van der Waals surface area (Å²) in [5.41, 5.74) is 0. The van der Waals surface area contributed by atoms with Crippen molar-refractivity contribution in [1.29, 1.82) is 0 Å². The summed E-state index contributed by atoms with van der Waals surface area (Å²) in [6.45, 7) is 0. The fourth-order valence-electron chi connectivity index (χ4n) is 0.538. The monoisotopic (exact) mass is 162 g/mol. The zero-order chi connectivity index (χ0) is 6.69. The van der Waals surface area contributed by atoms with Crippen molar-refractivity contribution in [3.8, 4) is 5.75 Å². The molecule has 0 atom stereocenters. The molecule has 1 heterocycles. The Balaban J connectivity index is 2.74. The van der Waals surface area contributed by atoms with Crippen molar-refractivity contribution in [3.63, 3.8) is 0 Å². The molecule has 0 amide bonds.